The van der Waals surface area contributed by atoms with E-state index in [2.05, 4.69) is 15.3 Å². The van der Waals surface area contributed by atoms with Gasteiger partial charge in [-0.15, -0.1) is 0 Å². The molecule has 24 heavy (non-hydrogen) atoms. The van der Waals surface area contributed by atoms with E-state index in [1.54, 1.807) is 29.3 Å². The Morgan fingerprint density at radius 3 is 3.00 bits per heavy atom. The minimum atomic E-state index is -0.483. The Bertz CT molecular complexity index is 740. The fraction of sp³-hybridized carbons (Fsp3) is 0.250. The Morgan fingerprint density at radius 1 is 1.46 bits per heavy atom. The summed E-state index contributed by atoms with van der Waals surface area (Å²) in [5, 5.41) is 13.8. The molecule has 1 amide bonds. The number of hydrogen-bond donors (Lipinski definition) is 2. The summed E-state index contributed by atoms with van der Waals surface area (Å²) >= 11 is 0. The monoisotopic (exact) mass is 327 g/mol. The maximum absolute atomic E-state index is 12.2. The van der Waals surface area contributed by atoms with E-state index in [1.807, 2.05) is 12.1 Å². The van der Waals surface area contributed by atoms with Crippen molar-refractivity contribution in [1.29, 1.82) is 0 Å². The number of pyridine rings is 1. The van der Waals surface area contributed by atoms with Crippen LogP contribution >= 0.6 is 0 Å². The highest BCUT2D eigenvalue weighted by atomic mass is 16.6. The predicted octanol–water partition coefficient (Wildman–Crippen LogP) is 2.04. The second-order valence-corrected chi connectivity index (χ2v) is 5.53. The number of anilines is 1. The third-order valence-corrected chi connectivity index (χ3v) is 3.84. The van der Waals surface area contributed by atoms with E-state index in [4.69, 9.17) is 0 Å². The molecule has 0 aromatic carbocycles. The van der Waals surface area contributed by atoms with E-state index in [-0.39, 0.29) is 17.6 Å². The molecular weight excluding hydrogens is 310 g/mol. The highest BCUT2D eigenvalue weighted by Gasteiger charge is 2.25. The zero-order valence-corrected chi connectivity index (χ0v) is 12.9. The number of H-pyrrole nitrogens is 1. The molecule has 8 heteroatoms. The minimum absolute atomic E-state index is 0.0365. The number of nitro groups is 1. The summed E-state index contributed by atoms with van der Waals surface area (Å²) in [7, 11) is 0. The number of carbonyl (C=O) groups is 1. The summed E-state index contributed by atoms with van der Waals surface area (Å²) in [6.45, 7) is 1.24. The highest BCUT2D eigenvalue weighted by Crippen LogP contribution is 2.17. The number of rotatable bonds is 5. The van der Waals surface area contributed by atoms with Crippen LogP contribution in [0.4, 0.5) is 11.5 Å². The highest BCUT2D eigenvalue weighted by molar-refractivity contribution is 5.91. The first-order valence-corrected chi connectivity index (χ1v) is 7.59. The molecule has 3 heterocycles. The Kier molecular flexibility index (Phi) is 4.55. The van der Waals surface area contributed by atoms with E-state index in [0.29, 0.717) is 18.9 Å². The zero-order valence-electron chi connectivity index (χ0n) is 12.9. The summed E-state index contributed by atoms with van der Waals surface area (Å²) in [6, 6.07) is 6.83. The maximum atomic E-state index is 12.2. The summed E-state index contributed by atoms with van der Waals surface area (Å²) in [4.78, 5) is 31.1. The van der Waals surface area contributed by atoms with E-state index >= 15 is 0 Å². The zero-order chi connectivity index (χ0) is 16.9. The Labute approximate surface area is 138 Å². The van der Waals surface area contributed by atoms with Crippen LogP contribution in [0.1, 0.15) is 12.1 Å². The fourth-order valence-corrected chi connectivity index (χ4v) is 2.58. The van der Waals surface area contributed by atoms with Crippen LogP contribution in [-0.2, 0) is 4.79 Å². The lowest BCUT2D eigenvalue weighted by atomic mass is 10.2. The lowest BCUT2D eigenvalue weighted by Gasteiger charge is -2.15. The van der Waals surface area contributed by atoms with E-state index in [9.17, 15) is 14.9 Å². The number of likely N-dealkylation sites (tertiary alicyclic amines) is 1. The number of nitrogens with zero attached hydrogens (tertiary/aromatic N) is 3. The van der Waals surface area contributed by atoms with Gasteiger partial charge >= 0.3 is 0 Å². The van der Waals surface area contributed by atoms with Gasteiger partial charge < -0.3 is 15.2 Å². The van der Waals surface area contributed by atoms with Crippen molar-refractivity contribution in [3.63, 3.8) is 0 Å². The van der Waals surface area contributed by atoms with Gasteiger partial charge in [-0.1, -0.05) is 0 Å². The van der Waals surface area contributed by atoms with E-state index in [0.717, 1.165) is 12.1 Å². The van der Waals surface area contributed by atoms with Crippen LogP contribution in [0.2, 0.25) is 0 Å². The predicted molar refractivity (Wildman–Crippen MR) is 89.3 cm³/mol. The topological polar surface area (TPSA) is 104 Å². The molecule has 2 aromatic heterocycles. The normalized spacial score (nSPS) is 17.3. The van der Waals surface area contributed by atoms with Gasteiger partial charge in [0.05, 0.1) is 4.92 Å². The molecular formula is C16H17N5O3. The summed E-state index contributed by atoms with van der Waals surface area (Å²) in [6.07, 6.45) is 7.14. The largest absolute Gasteiger partial charge is 0.365 e. The first-order valence-electron chi connectivity index (χ1n) is 7.59. The molecule has 2 aromatic rings. The molecule has 1 atom stereocenters. The van der Waals surface area contributed by atoms with E-state index < -0.39 is 4.92 Å². The van der Waals surface area contributed by atoms with Crippen molar-refractivity contribution < 1.29 is 9.72 Å². The third-order valence-electron chi connectivity index (χ3n) is 3.84. The fourth-order valence-electron chi connectivity index (χ4n) is 2.58. The molecule has 1 aliphatic heterocycles. The average molecular weight is 327 g/mol. The van der Waals surface area contributed by atoms with Crippen molar-refractivity contribution in [2.45, 2.75) is 12.5 Å². The first kappa shape index (κ1) is 15.7. The van der Waals surface area contributed by atoms with Crippen LogP contribution in [0.25, 0.3) is 6.08 Å². The smallest absolute Gasteiger partial charge is 0.287 e. The Balaban J connectivity index is 1.53. The van der Waals surface area contributed by atoms with Gasteiger partial charge in [-0.3, -0.25) is 14.9 Å². The third kappa shape index (κ3) is 3.78. The maximum Gasteiger partial charge on any atom is 0.287 e. The minimum Gasteiger partial charge on any atom is -0.365 e. The van der Waals surface area contributed by atoms with Gasteiger partial charge in [-0.25, -0.2) is 4.98 Å². The Hall–Kier alpha value is -3.16. The summed E-state index contributed by atoms with van der Waals surface area (Å²) in [5.74, 6) is 0.535. The van der Waals surface area contributed by atoms with Gasteiger partial charge in [0.2, 0.25) is 5.91 Å². The molecule has 0 bridgehead atoms. The number of aromatic amines is 1. The first-order chi connectivity index (χ1) is 11.6. The quantitative estimate of drug-likeness (QED) is 0.497. The molecule has 0 aliphatic carbocycles. The van der Waals surface area contributed by atoms with Gasteiger partial charge in [0.25, 0.3) is 5.69 Å². The molecule has 2 N–H and O–H groups in total. The van der Waals surface area contributed by atoms with Crippen molar-refractivity contribution >= 4 is 23.5 Å². The molecule has 3 rings (SSSR count). The lowest BCUT2D eigenvalue weighted by Crippen LogP contribution is -2.30. The average Bonchev–Trinajstić information content (AvgIpc) is 3.25. The van der Waals surface area contributed by atoms with Gasteiger partial charge in [0.1, 0.15) is 12.0 Å². The molecule has 1 saturated heterocycles. The summed E-state index contributed by atoms with van der Waals surface area (Å²) < 4.78 is 0. The van der Waals surface area contributed by atoms with Crippen LogP contribution < -0.4 is 5.32 Å². The number of carbonyl (C=O) groups excluding carboxylic acids is 1. The molecule has 0 radical (unpaired) electrons. The van der Waals surface area contributed by atoms with Gasteiger partial charge in [-0.2, -0.15) is 0 Å². The van der Waals surface area contributed by atoms with Gasteiger partial charge in [-0.05, 0) is 30.7 Å². The second-order valence-electron chi connectivity index (χ2n) is 5.53. The van der Waals surface area contributed by atoms with Crippen LogP contribution in [0, 0.1) is 10.1 Å². The second kappa shape index (κ2) is 6.95. The Morgan fingerprint density at radius 2 is 2.33 bits per heavy atom. The number of nitrogens with one attached hydrogen (secondary N) is 2. The van der Waals surface area contributed by atoms with Crippen molar-refractivity contribution in [2.75, 3.05) is 18.4 Å². The van der Waals surface area contributed by atoms with E-state index in [1.165, 1.54) is 12.3 Å². The SMILES string of the molecule is O=C(/C=C/c1ccc[nH]1)N1CCC(Nc2ccc([N+](=O)[O-])cn2)C1. The van der Waals surface area contributed by atoms with Crippen molar-refractivity contribution in [3.05, 3.63) is 58.5 Å². The van der Waals surface area contributed by atoms with Crippen LogP contribution in [0.15, 0.2) is 42.7 Å². The van der Waals surface area contributed by atoms with Crippen molar-refractivity contribution in [3.8, 4) is 0 Å². The van der Waals surface area contributed by atoms with Gasteiger partial charge in [0, 0.05) is 43.2 Å². The molecule has 8 nitrogen and oxygen atoms in total. The molecule has 1 aliphatic rings. The van der Waals surface area contributed by atoms with Gasteiger partial charge in [0.15, 0.2) is 0 Å². The number of hydrogen-bond acceptors (Lipinski definition) is 5. The molecule has 1 unspecified atom stereocenters. The molecule has 1 fully saturated rings. The van der Waals surface area contributed by atoms with Crippen LogP contribution in [0.3, 0.4) is 0 Å². The number of aromatic nitrogens is 2. The molecule has 0 saturated carbocycles. The van der Waals surface area contributed by atoms with Crippen LogP contribution in [0.5, 0.6) is 0 Å². The van der Waals surface area contributed by atoms with Crippen molar-refractivity contribution in [2.24, 2.45) is 0 Å². The standard InChI is InChI=1S/C16H17N5O3/c22-16(6-3-12-2-1-8-17-12)20-9-7-13(11-20)19-15-5-4-14(10-18-15)21(23)24/h1-6,8,10,13,17H,7,9,11H2,(H,18,19)/b6-3+. The van der Waals surface area contributed by atoms with Crippen molar-refractivity contribution in [1.82, 2.24) is 14.9 Å². The lowest BCUT2D eigenvalue weighted by molar-refractivity contribution is -0.385. The number of amides is 1. The molecule has 124 valence electrons. The van der Waals surface area contributed by atoms with Crippen LogP contribution in [-0.4, -0.2) is 44.8 Å². The molecule has 0 spiro atoms. The summed E-state index contributed by atoms with van der Waals surface area (Å²) in [5.41, 5.74) is 0.838.